The summed E-state index contributed by atoms with van der Waals surface area (Å²) in [6, 6.07) is 6.11. The number of carbonyl (C=O) groups excluding carboxylic acids is 1. The van der Waals surface area contributed by atoms with Gasteiger partial charge in [0, 0.05) is 11.7 Å². The highest BCUT2D eigenvalue weighted by Gasteiger charge is 2.27. The number of ether oxygens (including phenoxy) is 1. The zero-order chi connectivity index (χ0) is 16.2. The van der Waals surface area contributed by atoms with Gasteiger partial charge in [0.2, 0.25) is 10.0 Å². The lowest BCUT2D eigenvalue weighted by Gasteiger charge is -2.12. The molecule has 22 heavy (non-hydrogen) atoms. The third kappa shape index (κ3) is 4.66. The van der Waals surface area contributed by atoms with Crippen LogP contribution >= 0.6 is 0 Å². The minimum absolute atomic E-state index is 0.0623. The van der Waals surface area contributed by atoms with Gasteiger partial charge in [-0.2, -0.15) is 0 Å². The van der Waals surface area contributed by atoms with Crippen LogP contribution in [0.25, 0.3) is 0 Å². The molecule has 7 heteroatoms. The molecule has 6 nitrogen and oxygen atoms in total. The van der Waals surface area contributed by atoms with Crippen molar-refractivity contribution in [2.75, 3.05) is 11.9 Å². The van der Waals surface area contributed by atoms with Crippen molar-refractivity contribution in [2.24, 2.45) is 0 Å². The Labute approximate surface area is 130 Å². The van der Waals surface area contributed by atoms with E-state index in [1.54, 1.807) is 25.1 Å². The molecule has 2 N–H and O–H groups in total. The van der Waals surface area contributed by atoms with Crippen LogP contribution in [-0.2, 0) is 19.6 Å². The molecular formula is C15H20N2O4S. The van der Waals surface area contributed by atoms with Crippen molar-refractivity contribution in [2.45, 2.75) is 36.8 Å². The van der Waals surface area contributed by atoms with Gasteiger partial charge in [-0.3, -0.25) is 4.79 Å². The molecule has 0 heterocycles. The SMILES string of the molecule is C=CCO[C@@H](C)C(=O)Nc1ccc(S(=O)(=O)NC2CC2)cc1. The molecule has 2 rings (SSSR count). The second-order valence-electron chi connectivity index (χ2n) is 5.17. The Hall–Kier alpha value is -1.70. The molecule has 0 bridgehead atoms. The predicted molar refractivity (Wildman–Crippen MR) is 84.0 cm³/mol. The van der Waals surface area contributed by atoms with E-state index in [4.69, 9.17) is 4.74 Å². The highest BCUT2D eigenvalue weighted by molar-refractivity contribution is 7.89. The molecule has 120 valence electrons. The van der Waals surface area contributed by atoms with E-state index < -0.39 is 16.1 Å². The second kappa shape index (κ2) is 7.04. The van der Waals surface area contributed by atoms with Crippen molar-refractivity contribution >= 4 is 21.6 Å². The summed E-state index contributed by atoms with van der Waals surface area (Å²) in [5, 5.41) is 2.67. The van der Waals surface area contributed by atoms with Crippen molar-refractivity contribution < 1.29 is 17.9 Å². The number of hydrogen-bond acceptors (Lipinski definition) is 4. The summed E-state index contributed by atoms with van der Waals surface area (Å²) in [5.74, 6) is -0.298. The number of carbonyl (C=O) groups is 1. The van der Waals surface area contributed by atoms with E-state index in [1.165, 1.54) is 12.1 Å². The first-order valence-corrected chi connectivity index (χ1v) is 8.56. The van der Waals surface area contributed by atoms with Gasteiger partial charge in [0.15, 0.2) is 0 Å². The molecule has 0 saturated heterocycles. The normalized spacial score (nSPS) is 16.0. The molecule has 1 amide bonds. The smallest absolute Gasteiger partial charge is 0.253 e. The van der Waals surface area contributed by atoms with E-state index >= 15 is 0 Å². The van der Waals surface area contributed by atoms with Gasteiger partial charge < -0.3 is 10.1 Å². The van der Waals surface area contributed by atoms with Crippen molar-refractivity contribution in [3.05, 3.63) is 36.9 Å². The van der Waals surface area contributed by atoms with Crippen LogP contribution in [0.3, 0.4) is 0 Å². The summed E-state index contributed by atoms with van der Waals surface area (Å²) in [6.45, 7) is 5.44. The fraction of sp³-hybridized carbons (Fsp3) is 0.400. The zero-order valence-corrected chi connectivity index (χ0v) is 13.2. The molecule has 1 aliphatic carbocycles. The van der Waals surface area contributed by atoms with Crippen LogP contribution in [-0.4, -0.2) is 33.1 Å². The summed E-state index contributed by atoms with van der Waals surface area (Å²) in [5.41, 5.74) is 0.518. The topological polar surface area (TPSA) is 84.5 Å². The number of anilines is 1. The van der Waals surface area contributed by atoms with Crippen LogP contribution in [0.2, 0.25) is 0 Å². The van der Waals surface area contributed by atoms with Crippen LogP contribution in [0.5, 0.6) is 0 Å². The van der Waals surface area contributed by atoms with Crippen LogP contribution in [0.15, 0.2) is 41.8 Å². The Kier molecular flexibility index (Phi) is 5.33. The van der Waals surface area contributed by atoms with E-state index in [0.29, 0.717) is 12.3 Å². The van der Waals surface area contributed by atoms with Gasteiger partial charge in [-0.15, -0.1) is 6.58 Å². The fourth-order valence-electron chi connectivity index (χ4n) is 1.74. The van der Waals surface area contributed by atoms with Gasteiger partial charge in [0.25, 0.3) is 5.91 Å². The lowest BCUT2D eigenvalue weighted by atomic mass is 10.3. The molecular weight excluding hydrogens is 304 g/mol. The van der Waals surface area contributed by atoms with Gasteiger partial charge in [0.1, 0.15) is 6.10 Å². The number of benzene rings is 1. The summed E-state index contributed by atoms with van der Waals surface area (Å²) in [6.07, 6.45) is 2.72. The second-order valence-corrected chi connectivity index (χ2v) is 6.89. The maximum absolute atomic E-state index is 12.0. The first-order chi connectivity index (χ1) is 10.4. The molecule has 1 aromatic rings. The first kappa shape index (κ1) is 16.7. The molecule has 0 aliphatic heterocycles. The third-order valence-corrected chi connectivity index (χ3v) is 4.70. The van der Waals surface area contributed by atoms with Crippen LogP contribution < -0.4 is 10.0 Å². The van der Waals surface area contributed by atoms with Crippen molar-refractivity contribution in [3.63, 3.8) is 0 Å². The molecule has 1 fully saturated rings. The van der Waals surface area contributed by atoms with Crippen LogP contribution in [0.1, 0.15) is 19.8 Å². The van der Waals surface area contributed by atoms with Gasteiger partial charge in [-0.25, -0.2) is 13.1 Å². The Morgan fingerprint density at radius 2 is 2.05 bits per heavy atom. The van der Waals surface area contributed by atoms with Crippen molar-refractivity contribution in [1.82, 2.24) is 4.72 Å². The number of hydrogen-bond donors (Lipinski definition) is 2. The van der Waals surface area contributed by atoms with Gasteiger partial charge in [0.05, 0.1) is 11.5 Å². The monoisotopic (exact) mass is 324 g/mol. The Balaban J connectivity index is 1.96. The quantitative estimate of drug-likeness (QED) is 0.712. The van der Waals surface area contributed by atoms with Gasteiger partial charge in [-0.05, 0) is 44.0 Å². The maximum Gasteiger partial charge on any atom is 0.253 e. The molecule has 1 aliphatic rings. The molecule has 1 atom stereocenters. The highest BCUT2D eigenvalue weighted by Crippen LogP contribution is 2.22. The fourth-order valence-corrected chi connectivity index (χ4v) is 3.04. The minimum Gasteiger partial charge on any atom is -0.365 e. The largest absolute Gasteiger partial charge is 0.365 e. The van der Waals surface area contributed by atoms with Gasteiger partial charge >= 0.3 is 0 Å². The van der Waals surface area contributed by atoms with Crippen LogP contribution in [0, 0.1) is 0 Å². The standard InChI is InChI=1S/C15H20N2O4S/c1-3-10-21-11(2)15(18)16-12-6-8-14(9-7-12)22(19,20)17-13-4-5-13/h3,6-9,11,13,17H,1,4-5,10H2,2H3,(H,16,18)/t11-/m0/s1. The molecule has 0 radical (unpaired) electrons. The van der Waals surface area contributed by atoms with E-state index in [0.717, 1.165) is 12.8 Å². The predicted octanol–water partition coefficient (Wildman–Crippen LogP) is 1.66. The summed E-state index contributed by atoms with van der Waals surface area (Å²) >= 11 is 0. The molecule has 1 saturated carbocycles. The average Bonchev–Trinajstić information content (AvgIpc) is 3.28. The molecule has 0 unspecified atom stereocenters. The lowest BCUT2D eigenvalue weighted by molar-refractivity contribution is -0.125. The number of amides is 1. The first-order valence-electron chi connectivity index (χ1n) is 7.08. The molecule has 1 aromatic carbocycles. The Morgan fingerprint density at radius 3 is 2.59 bits per heavy atom. The maximum atomic E-state index is 12.0. The number of sulfonamides is 1. The van der Waals surface area contributed by atoms with Gasteiger partial charge in [-0.1, -0.05) is 6.08 Å². The number of nitrogens with one attached hydrogen (secondary N) is 2. The van der Waals surface area contributed by atoms with Crippen LogP contribution in [0.4, 0.5) is 5.69 Å². The van der Waals surface area contributed by atoms with E-state index in [9.17, 15) is 13.2 Å². The van der Waals surface area contributed by atoms with E-state index in [1.807, 2.05) is 0 Å². The van der Waals surface area contributed by atoms with E-state index in [2.05, 4.69) is 16.6 Å². The van der Waals surface area contributed by atoms with Crippen molar-refractivity contribution in [1.29, 1.82) is 0 Å². The Morgan fingerprint density at radius 1 is 1.41 bits per heavy atom. The van der Waals surface area contributed by atoms with Crippen molar-refractivity contribution in [3.8, 4) is 0 Å². The summed E-state index contributed by atoms with van der Waals surface area (Å²) in [4.78, 5) is 12.0. The molecule has 0 aromatic heterocycles. The highest BCUT2D eigenvalue weighted by atomic mass is 32.2. The summed E-state index contributed by atoms with van der Waals surface area (Å²) < 4.78 is 31.9. The lowest BCUT2D eigenvalue weighted by Crippen LogP contribution is -2.28. The minimum atomic E-state index is -3.47. The zero-order valence-electron chi connectivity index (χ0n) is 12.4. The number of rotatable bonds is 8. The van der Waals surface area contributed by atoms with E-state index in [-0.39, 0.29) is 16.8 Å². The Bertz CT molecular complexity index is 636. The molecule has 0 spiro atoms. The summed E-state index contributed by atoms with van der Waals surface area (Å²) in [7, 11) is -3.47. The third-order valence-electron chi connectivity index (χ3n) is 3.16. The average molecular weight is 324 g/mol.